The number of carbonyl (C=O) groups excluding carboxylic acids is 1. The minimum absolute atomic E-state index is 0.0247. The van der Waals surface area contributed by atoms with Crippen LogP contribution < -0.4 is 5.32 Å². The molecule has 2 rings (SSSR count). The summed E-state index contributed by atoms with van der Waals surface area (Å²) in [5.41, 5.74) is 0.126. The highest BCUT2D eigenvalue weighted by molar-refractivity contribution is 7.14. The van der Waals surface area contributed by atoms with Crippen LogP contribution in [0.25, 0.3) is 0 Å². The fourth-order valence-electron chi connectivity index (χ4n) is 1.18. The van der Waals surface area contributed by atoms with Gasteiger partial charge < -0.3 is 5.32 Å². The summed E-state index contributed by atoms with van der Waals surface area (Å²) < 4.78 is 25.9. The molecule has 88 valence electrons. The lowest BCUT2D eigenvalue weighted by molar-refractivity contribution is 0.102. The van der Waals surface area contributed by atoms with Crippen molar-refractivity contribution in [3.05, 3.63) is 45.4 Å². The molecular weight excluding hydrogens is 270 g/mol. The second-order valence-corrected chi connectivity index (χ2v) is 4.54. The summed E-state index contributed by atoms with van der Waals surface area (Å²) in [5, 5.41) is 3.77. The van der Waals surface area contributed by atoms with E-state index in [4.69, 9.17) is 11.6 Å². The highest BCUT2D eigenvalue weighted by Gasteiger charge is 2.11. The molecule has 0 spiro atoms. The molecule has 0 unspecified atom stereocenters. The van der Waals surface area contributed by atoms with Gasteiger partial charge in [0.15, 0.2) is 4.47 Å². The van der Waals surface area contributed by atoms with Crippen LogP contribution in [0.4, 0.5) is 14.5 Å². The molecule has 1 amide bonds. The van der Waals surface area contributed by atoms with Crippen molar-refractivity contribution in [2.24, 2.45) is 0 Å². The fraction of sp³-hybridized carbons (Fsp3) is 0. The number of thiazole rings is 1. The first-order chi connectivity index (χ1) is 8.04. The summed E-state index contributed by atoms with van der Waals surface area (Å²) in [4.78, 5) is 15.3. The average molecular weight is 275 g/mol. The normalized spacial score (nSPS) is 10.3. The second-order valence-electron chi connectivity index (χ2n) is 3.10. The zero-order chi connectivity index (χ0) is 12.4. The highest BCUT2D eigenvalue weighted by atomic mass is 35.5. The molecule has 0 saturated heterocycles. The van der Waals surface area contributed by atoms with E-state index >= 15 is 0 Å². The number of hydrogen-bond donors (Lipinski definition) is 1. The summed E-state index contributed by atoms with van der Waals surface area (Å²) in [6, 6.07) is 2.74. The molecule has 0 saturated carbocycles. The molecular formula is C10H5ClF2N2OS. The van der Waals surface area contributed by atoms with Crippen LogP contribution >= 0.6 is 22.9 Å². The maximum absolute atomic E-state index is 12.9. The summed E-state index contributed by atoms with van der Waals surface area (Å²) in [5.74, 6) is -2.11. The summed E-state index contributed by atoms with van der Waals surface area (Å²) in [6.07, 6.45) is 0. The Morgan fingerprint density at radius 1 is 1.29 bits per heavy atom. The zero-order valence-corrected chi connectivity index (χ0v) is 9.78. The molecule has 0 aliphatic carbocycles. The van der Waals surface area contributed by atoms with Crippen LogP contribution in [0.5, 0.6) is 0 Å². The van der Waals surface area contributed by atoms with Gasteiger partial charge in [-0.1, -0.05) is 11.6 Å². The third kappa shape index (κ3) is 2.98. The minimum atomic E-state index is -0.767. The van der Waals surface area contributed by atoms with E-state index in [9.17, 15) is 13.6 Å². The van der Waals surface area contributed by atoms with E-state index in [0.29, 0.717) is 0 Å². The van der Waals surface area contributed by atoms with E-state index in [1.165, 1.54) is 5.38 Å². The van der Waals surface area contributed by atoms with E-state index < -0.39 is 17.5 Å². The Labute approximate surface area is 104 Å². The third-order valence-corrected chi connectivity index (χ3v) is 2.81. The number of carbonyl (C=O) groups is 1. The Bertz CT molecular complexity index is 553. The Balaban J connectivity index is 2.18. The van der Waals surface area contributed by atoms with Crippen molar-refractivity contribution in [2.45, 2.75) is 0 Å². The molecule has 7 heteroatoms. The Morgan fingerprint density at radius 2 is 1.94 bits per heavy atom. The minimum Gasteiger partial charge on any atom is -0.320 e. The van der Waals surface area contributed by atoms with Crippen LogP contribution in [0.2, 0.25) is 4.47 Å². The molecule has 1 aromatic heterocycles. The van der Waals surface area contributed by atoms with E-state index in [1.54, 1.807) is 0 Å². The van der Waals surface area contributed by atoms with Gasteiger partial charge in [0, 0.05) is 17.1 Å². The van der Waals surface area contributed by atoms with Gasteiger partial charge in [0.1, 0.15) is 17.3 Å². The Hall–Kier alpha value is -1.53. The van der Waals surface area contributed by atoms with Crippen LogP contribution in [-0.4, -0.2) is 10.9 Å². The zero-order valence-electron chi connectivity index (χ0n) is 8.21. The first-order valence-corrected chi connectivity index (χ1v) is 5.69. The number of halogens is 3. The van der Waals surface area contributed by atoms with Gasteiger partial charge in [-0.3, -0.25) is 4.79 Å². The van der Waals surface area contributed by atoms with Crippen LogP contribution in [-0.2, 0) is 0 Å². The molecule has 0 aliphatic heterocycles. The van der Waals surface area contributed by atoms with Gasteiger partial charge in [0.2, 0.25) is 0 Å². The molecule has 1 heterocycles. The molecule has 0 bridgehead atoms. The van der Waals surface area contributed by atoms with Gasteiger partial charge >= 0.3 is 0 Å². The van der Waals surface area contributed by atoms with Crippen LogP contribution in [0.15, 0.2) is 23.6 Å². The van der Waals surface area contributed by atoms with E-state index in [2.05, 4.69) is 10.3 Å². The van der Waals surface area contributed by atoms with Gasteiger partial charge in [0.05, 0.1) is 0 Å². The molecule has 0 fully saturated rings. The number of anilines is 1. The molecule has 1 aromatic carbocycles. The first-order valence-electron chi connectivity index (χ1n) is 4.43. The number of hydrogen-bond acceptors (Lipinski definition) is 3. The van der Waals surface area contributed by atoms with Crippen molar-refractivity contribution in [2.75, 3.05) is 5.32 Å². The molecule has 2 aromatic rings. The highest BCUT2D eigenvalue weighted by Crippen LogP contribution is 2.17. The first kappa shape index (κ1) is 11.9. The summed E-state index contributed by atoms with van der Waals surface area (Å²) in [6.45, 7) is 0. The molecule has 0 aliphatic rings. The molecule has 3 nitrogen and oxygen atoms in total. The van der Waals surface area contributed by atoms with Gasteiger partial charge in [-0.25, -0.2) is 13.8 Å². The number of rotatable bonds is 2. The van der Waals surface area contributed by atoms with Crippen LogP contribution in [0.3, 0.4) is 0 Å². The maximum atomic E-state index is 12.9. The molecule has 0 atom stereocenters. The van der Waals surface area contributed by atoms with Crippen molar-refractivity contribution >= 4 is 34.5 Å². The van der Waals surface area contributed by atoms with Crippen molar-refractivity contribution < 1.29 is 13.6 Å². The van der Waals surface area contributed by atoms with Crippen molar-refractivity contribution in [1.29, 1.82) is 0 Å². The fourth-order valence-corrected chi connectivity index (χ4v) is 1.92. The smallest absolute Gasteiger partial charge is 0.275 e. The summed E-state index contributed by atoms with van der Waals surface area (Å²) >= 11 is 6.66. The number of nitrogens with one attached hydrogen (secondary N) is 1. The molecule has 17 heavy (non-hydrogen) atoms. The lowest BCUT2D eigenvalue weighted by atomic mass is 10.3. The number of amides is 1. The van der Waals surface area contributed by atoms with Crippen LogP contribution in [0, 0.1) is 11.6 Å². The predicted octanol–water partition coefficient (Wildman–Crippen LogP) is 3.33. The molecule has 1 N–H and O–H groups in total. The van der Waals surface area contributed by atoms with Gasteiger partial charge in [0.25, 0.3) is 5.91 Å². The SMILES string of the molecule is O=C(Nc1cc(F)cc(F)c1)c1csc(Cl)n1. The van der Waals surface area contributed by atoms with Crippen LogP contribution in [0.1, 0.15) is 10.5 Å². The Kier molecular flexibility index (Phi) is 3.35. The van der Waals surface area contributed by atoms with E-state index in [-0.39, 0.29) is 15.8 Å². The average Bonchev–Trinajstić information content (AvgIpc) is 2.63. The second kappa shape index (κ2) is 4.77. The van der Waals surface area contributed by atoms with Crippen molar-refractivity contribution in [3.63, 3.8) is 0 Å². The number of benzene rings is 1. The standard InChI is InChI=1S/C10H5ClF2N2OS/c11-10-15-8(4-17-10)9(16)14-7-2-5(12)1-6(13)3-7/h1-4H,(H,14,16). The van der Waals surface area contributed by atoms with Gasteiger partial charge in [-0.05, 0) is 12.1 Å². The monoisotopic (exact) mass is 274 g/mol. The number of aromatic nitrogens is 1. The third-order valence-electron chi connectivity index (χ3n) is 1.83. The van der Waals surface area contributed by atoms with Crippen molar-refractivity contribution in [1.82, 2.24) is 4.98 Å². The summed E-state index contributed by atoms with van der Waals surface area (Å²) in [7, 11) is 0. The van der Waals surface area contributed by atoms with E-state index in [0.717, 1.165) is 29.5 Å². The van der Waals surface area contributed by atoms with E-state index in [1.807, 2.05) is 0 Å². The predicted molar refractivity (Wildman–Crippen MR) is 61.4 cm³/mol. The quantitative estimate of drug-likeness (QED) is 0.913. The van der Waals surface area contributed by atoms with Crippen molar-refractivity contribution in [3.8, 4) is 0 Å². The Morgan fingerprint density at radius 3 is 2.47 bits per heavy atom. The number of nitrogens with zero attached hydrogens (tertiary/aromatic N) is 1. The largest absolute Gasteiger partial charge is 0.320 e. The maximum Gasteiger partial charge on any atom is 0.275 e. The van der Waals surface area contributed by atoms with Gasteiger partial charge in [-0.2, -0.15) is 0 Å². The lowest BCUT2D eigenvalue weighted by Gasteiger charge is -2.03. The topological polar surface area (TPSA) is 42.0 Å². The molecule has 0 radical (unpaired) electrons. The van der Waals surface area contributed by atoms with Gasteiger partial charge in [-0.15, -0.1) is 11.3 Å². The lowest BCUT2D eigenvalue weighted by Crippen LogP contribution is -2.12.